The highest BCUT2D eigenvalue weighted by molar-refractivity contribution is 5.52. The van der Waals surface area contributed by atoms with Gasteiger partial charge in [-0.05, 0) is 31.9 Å². The zero-order chi connectivity index (χ0) is 11.8. The summed E-state index contributed by atoms with van der Waals surface area (Å²) in [5.41, 5.74) is 2.89. The number of anilines is 1. The highest BCUT2D eigenvalue weighted by atomic mass is 16.4. The summed E-state index contributed by atoms with van der Waals surface area (Å²) in [6, 6.07) is 3.90. The van der Waals surface area contributed by atoms with Crippen molar-refractivity contribution in [2.24, 2.45) is 0 Å². The Hall–Kier alpha value is -1.84. The van der Waals surface area contributed by atoms with E-state index < -0.39 is 0 Å². The summed E-state index contributed by atoms with van der Waals surface area (Å²) < 4.78 is 5.68. The van der Waals surface area contributed by atoms with Crippen LogP contribution in [-0.4, -0.2) is 17.0 Å². The Morgan fingerprint density at radius 2 is 2.18 bits per heavy atom. The molecule has 1 saturated carbocycles. The molecule has 17 heavy (non-hydrogen) atoms. The lowest BCUT2D eigenvalue weighted by Crippen LogP contribution is -1.90. The summed E-state index contributed by atoms with van der Waals surface area (Å²) in [5.74, 6) is 2.18. The number of pyridine rings is 1. The highest BCUT2D eigenvalue weighted by Crippen LogP contribution is 2.41. The Morgan fingerprint density at radius 3 is 2.76 bits per heavy atom. The molecule has 0 radical (unpaired) electrons. The normalized spacial score (nSPS) is 14.9. The molecular weight excluding hydrogens is 214 g/mol. The zero-order valence-corrected chi connectivity index (χ0v) is 10.0. The van der Waals surface area contributed by atoms with Crippen molar-refractivity contribution >= 4 is 5.69 Å². The Morgan fingerprint density at radius 1 is 1.35 bits per heavy atom. The van der Waals surface area contributed by atoms with Crippen LogP contribution in [0, 0.1) is 6.92 Å². The summed E-state index contributed by atoms with van der Waals surface area (Å²) in [4.78, 5) is 8.88. The number of aryl methyl sites for hydroxylation is 1. The maximum atomic E-state index is 5.68. The molecule has 88 valence electrons. The average Bonchev–Trinajstić information content (AvgIpc) is 3.13. The van der Waals surface area contributed by atoms with Crippen LogP contribution in [0.15, 0.2) is 22.7 Å². The van der Waals surface area contributed by atoms with E-state index in [2.05, 4.69) is 15.3 Å². The van der Waals surface area contributed by atoms with Crippen molar-refractivity contribution in [1.29, 1.82) is 0 Å². The van der Waals surface area contributed by atoms with Crippen LogP contribution in [0.1, 0.15) is 30.2 Å². The molecule has 1 fully saturated rings. The number of nitrogens with one attached hydrogen (secondary N) is 1. The highest BCUT2D eigenvalue weighted by Gasteiger charge is 2.29. The SMILES string of the molecule is CNc1ccc(-c2nc(C3CC3)c(C)o2)nc1. The van der Waals surface area contributed by atoms with E-state index in [-0.39, 0.29) is 0 Å². The number of hydrogen-bond donors (Lipinski definition) is 1. The summed E-state index contributed by atoms with van der Waals surface area (Å²) in [6.45, 7) is 1.98. The third-order valence-corrected chi connectivity index (χ3v) is 3.07. The Labute approximate surface area is 100 Å². The Balaban J connectivity index is 1.94. The van der Waals surface area contributed by atoms with Gasteiger partial charge < -0.3 is 9.73 Å². The first kappa shape index (κ1) is 10.3. The number of aromatic nitrogens is 2. The van der Waals surface area contributed by atoms with Crippen molar-refractivity contribution in [1.82, 2.24) is 9.97 Å². The second kappa shape index (κ2) is 3.87. The molecule has 2 aromatic rings. The monoisotopic (exact) mass is 229 g/mol. The van der Waals surface area contributed by atoms with Crippen molar-refractivity contribution < 1.29 is 4.42 Å². The van der Waals surface area contributed by atoms with Gasteiger partial charge in [0, 0.05) is 13.0 Å². The fourth-order valence-electron chi connectivity index (χ4n) is 1.92. The molecule has 0 unspecified atom stereocenters. The number of nitrogens with zero attached hydrogens (tertiary/aromatic N) is 2. The van der Waals surface area contributed by atoms with Crippen LogP contribution in [0.3, 0.4) is 0 Å². The van der Waals surface area contributed by atoms with E-state index >= 15 is 0 Å². The van der Waals surface area contributed by atoms with Gasteiger partial charge in [0.05, 0.1) is 17.6 Å². The first-order chi connectivity index (χ1) is 8.28. The van der Waals surface area contributed by atoms with Crippen LogP contribution in [-0.2, 0) is 0 Å². The summed E-state index contributed by atoms with van der Waals surface area (Å²) in [5, 5.41) is 3.04. The topological polar surface area (TPSA) is 51.0 Å². The molecule has 0 aromatic carbocycles. The second-order valence-electron chi connectivity index (χ2n) is 4.42. The van der Waals surface area contributed by atoms with E-state index in [0.29, 0.717) is 11.8 Å². The molecule has 1 aliphatic rings. The van der Waals surface area contributed by atoms with E-state index in [1.165, 1.54) is 12.8 Å². The maximum Gasteiger partial charge on any atom is 0.245 e. The number of oxazole rings is 1. The Bertz CT molecular complexity index is 526. The summed E-state index contributed by atoms with van der Waals surface area (Å²) in [6.07, 6.45) is 4.25. The molecule has 4 nitrogen and oxygen atoms in total. The van der Waals surface area contributed by atoms with Gasteiger partial charge in [-0.25, -0.2) is 9.97 Å². The minimum atomic E-state index is 0.615. The fraction of sp³-hybridized carbons (Fsp3) is 0.385. The third-order valence-electron chi connectivity index (χ3n) is 3.07. The van der Waals surface area contributed by atoms with Crippen molar-refractivity contribution in [2.75, 3.05) is 12.4 Å². The van der Waals surface area contributed by atoms with Crippen LogP contribution < -0.4 is 5.32 Å². The molecule has 1 N–H and O–H groups in total. The molecule has 2 aromatic heterocycles. The molecular formula is C13H15N3O. The molecule has 3 rings (SSSR count). The minimum Gasteiger partial charge on any atom is -0.440 e. The fourth-order valence-corrected chi connectivity index (χ4v) is 1.92. The quantitative estimate of drug-likeness (QED) is 0.879. The van der Waals surface area contributed by atoms with Gasteiger partial charge in [-0.3, -0.25) is 0 Å². The van der Waals surface area contributed by atoms with Gasteiger partial charge in [-0.2, -0.15) is 0 Å². The third kappa shape index (κ3) is 1.90. The zero-order valence-electron chi connectivity index (χ0n) is 10.0. The van der Waals surface area contributed by atoms with Gasteiger partial charge in [0.2, 0.25) is 5.89 Å². The molecule has 1 aliphatic carbocycles. The molecule has 0 aliphatic heterocycles. The predicted octanol–water partition coefficient (Wildman–Crippen LogP) is 2.96. The molecule has 0 atom stereocenters. The van der Waals surface area contributed by atoms with E-state index in [4.69, 9.17) is 4.42 Å². The molecule has 0 spiro atoms. The lowest BCUT2D eigenvalue weighted by atomic mass is 10.2. The largest absolute Gasteiger partial charge is 0.440 e. The van der Waals surface area contributed by atoms with Crippen molar-refractivity contribution in [2.45, 2.75) is 25.7 Å². The summed E-state index contributed by atoms with van der Waals surface area (Å²) in [7, 11) is 1.87. The first-order valence-corrected chi connectivity index (χ1v) is 5.89. The minimum absolute atomic E-state index is 0.615. The lowest BCUT2D eigenvalue weighted by molar-refractivity contribution is 0.537. The Kier molecular flexibility index (Phi) is 2.35. The second-order valence-corrected chi connectivity index (χ2v) is 4.42. The van der Waals surface area contributed by atoms with Crippen LogP contribution in [0.25, 0.3) is 11.6 Å². The molecule has 0 bridgehead atoms. The van der Waals surface area contributed by atoms with E-state index in [1.54, 1.807) is 6.20 Å². The maximum absolute atomic E-state index is 5.68. The van der Waals surface area contributed by atoms with Gasteiger partial charge in [0.1, 0.15) is 11.5 Å². The van der Waals surface area contributed by atoms with E-state index in [0.717, 1.165) is 22.8 Å². The van der Waals surface area contributed by atoms with Crippen LogP contribution in [0.4, 0.5) is 5.69 Å². The van der Waals surface area contributed by atoms with Crippen LogP contribution >= 0.6 is 0 Å². The van der Waals surface area contributed by atoms with Crippen LogP contribution in [0.5, 0.6) is 0 Å². The van der Waals surface area contributed by atoms with Gasteiger partial charge in [-0.15, -0.1) is 0 Å². The molecule has 0 amide bonds. The molecule has 4 heteroatoms. The smallest absolute Gasteiger partial charge is 0.245 e. The summed E-state index contributed by atoms with van der Waals surface area (Å²) >= 11 is 0. The average molecular weight is 229 g/mol. The van der Waals surface area contributed by atoms with E-state index in [1.807, 2.05) is 26.1 Å². The predicted molar refractivity (Wildman–Crippen MR) is 66.0 cm³/mol. The van der Waals surface area contributed by atoms with Crippen molar-refractivity contribution in [3.8, 4) is 11.6 Å². The van der Waals surface area contributed by atoms with Gasteiger partial charge >= 0.3 is 0 Å². The first-order valence-electron chi connectivity index (χ1n) is 5.89. The number of rotatable bonds is 3. The molecule has 2 heterocycles. The van der Waals surface area contributed by atoms with Gasteiger partial charge in [-0.1, -0.05) is 0 Å². The lowest BCUT2D eigenvalue weighted by Gasteiger charge is -1.98. The van der Waals surface area contributed by atoms with Gasteiger partial charge in [0.25, 0.3) is 0 Å². The standard InChI is InChI=1S/C13H15N3O/c1-8-12(9-3-4-9)16-13(17-8)11-6-5-10(14-2)7-15-11/h5-7,9,14H,3-4H2,1-2H3. The van der Waals surface area contributed by atoms with E-state index in [9.17, 15) is 0 Å². The van der Waals surface area contributed by atoms with Gasteiger partial charge in [0.15, 0.2) is 0 Å². The van der Waals surface area contributed by atoms with Crippen molar-refractivity contribution in [3.05, 3.63) is 29.8 Å². The molecule has 0 saturated heterocycles. The van der Waals surface area contributed by atoms with Crippen LogP contribution in [0.2, 0.25) is 0 Å². The van der Waals surface area contributed by atoms with Crippen molar-refractivity contribution in [3.63, 3.8) is 0 Å². The number of hydrogen-bond acceptors (Lipinski definition) is 4.